The molecule has 2 N–H and O–H groups in total. The summed E-state index contributed by atoms with van der Waals surface area (Å²) >= 11 is 0. The number of benzene rings is 3. The molecule has 2 aliphatic heterocycles. The summed E-state index contributed by atoms with van der Waals surface area (Å²) in [6, 6.07) is 18.7. The van der Waals surface area contributed by atoms with Gasteiger partial charge in [-0.05, 0) is 54.1 Å². The highest BCUT2D eigenvalue weighted by atomic mass is 16.7. The minimum absolute atomic E-state index is 0.0450. The number of phenolic OH excluding ortho intramolecular Hbond substituents is 1. The summed E-state index contributed by atoms with van der Waals surface area (Å²) in [5, 5.41) is 20.7. The van der Waals surface area contributed by atoms with Crippen LogP contribution < -0.4 is 14.7 Å². The molecule has 0 spiro atoms. The zero-order valence-electron chi connectivity index (χ0n) is 18.0. The number of carbonyl (C=O) groups is 3. The van der Waals surface area contributed by atoms with E-state index < -0.39 is 35.8 Å². The van der Waals surface area contributed by atoms with E-state index >= 15 is 0 Å². The molecule has 2 fully saturated rings. The van der Waals surface area contributed by atoms with Crippen molar-refractivity contribution in [3.8, 4) is 11.5 Å². The Morgan fingerprint density at radius 1 is 0.941 bits per heavy atom. The van der Waals surface area contributed by atoms with Crippen molar-refractivity contribution >= 4 is 29.2 Å². The molecular formula is C25H20N2O7. The molecule has 9 nitrogen and oxygen atoms in total. The minimum Gasteiger partial charge on any atom is -0.504 e. The van der Waals surface area contributed by atoms with Crippen LogP contribution in [0.4, 0.5) is 11.4 Å². The average molecular weight is 460 g/mol. The van der Waals surface area contributed by atoms with E-state index in [2.05, 4.69) is 0 Å². The number of anilines is 2. The number of aromatic hydroxyl groups is 1. The number of carboxylic acids is 1. The molecule has 3 aromatic rings. The van der Waals surface area contributed by atoms with Gasteiger partial charge in [-0.25, -0.2) is 14.8 Å². The second-order valence-electron chi connectivity index (χ2n) is 7.95. The molecule has 0 aromatic heterocycles. The number of aromatic carboxylic acids is 1. The molecule has 3 aromatic carbocycles. The summed E-state index contributed by atoms with van der Waals surface area (Å²) in [5.41, 5.74) is 1.59. The monoisotopic (exact) mass is 460 g/mol. The van der Waals surface area contributed by atoms with Crippen molar-refractivity contribution in [1.82, 2.24) is 0 Å². The molecule has 34 heavy (non-hydrogen) atoms. The molecule has 2 saturated heterocycles. The van der Waals surface area contributed by atoms with Crippen LogP contribution in [0.2, 0.25) is 0 Å². The number of rotatable bonds is 5. The summed E-state index contributed by atoms with van der Waals surface area (Å²) in [5.74, 6) is -2.80. The van der Waals surface area contributed by atoms with E-state index in [4.69, 9.17) is 14.7 Å². The van der Waals surface area contributed by atoms with Crippen LogP contribution in [-0.4, -0.2) is 41.2 Å². The van der Waals surface area contributed by atoms with Gasteiger partial charge in [0.25, 0.3) is 5.91 Å². The smallest absolute Gasteiger partial charge is 0.335 e. The lowest BCUT2D eigenvalue weighted by Crippen LogP contribution is -2.37. The van der Waals surface area contributed by atoms with Crippen LogP contribution >= 0.6 is 0 Å². The van der Waals surface area contributed by atoms with E-state index in [1.807, 2.05) is 30.3 Å². The lowest BCUT2D eigenvalue weighted by Gasteiger charge is -2.29. The van der Waals surface area contributed by atoms with Crippen molar-refractivity contribution in [2.75, 3.05) is 17.1 Å². The Morgan fingerprint density at radius 3 is 2.29 bits per heavy atom. The number of phenols is 1. The molecule has 2 aliphatic rings. The normalized spacial score (nSPS) is 21.6. The van der Waals surface area contributed by atoms with Crippen LogP contribution in [-0.2, 0) is 14.4 Å². The zero-order chi connectivity index (χ0) is 24.0. The maximum Gasteiger partial charge on any atom is 0.335 e. The predicted octanol–water partition coefficient (Wildman–Crippen LogP) is 3.15. The Hall–Kier alpha value is -4.37. The highest BCUT2D eigenvalue weighted by Gasteiger charge is 2.60. The SMILES string of the molecule is COc1cc([C@@H]2[C@@H]3C(=O)N(c4ccc(C(=O)O)cc4)C(=O)[C@H]3ON2c2ccccc2)ccc1O. The number of amides is 2. The fourth-order valence-electron chi connectivity index (χ4n) is 4.44. The first kappa shape index (κ1) is 21.5. The number of ether oxygens (including phenoxy) is 1. The highest BCUT2D eigenvalue weighted by Crippen LogP contribution is 2.48. The first-order valence-electron chi connectivity index (χ1n) is 10.5. The van der Waals surface area contributed by atoms with E-state index in [0.717, 1.165) is 4.90 Å². The lowest BCUT2D eigenvalue weighted by atomic mass is 9.90. The van der Waals surface area contributed by atoms with Crippen molar-refractivity contribution < 1.29 is 34.2 Å². The van der Waals surface area contributed by atoms with E-state index in [0.29, 0.717) is 11.3 Å². The summed E-state index contributed by atoms with van der Waals surface area (Å²) in [6.07, 6.45) is -1.07. The number of para-hydroxylation sites is 1. The van der Waals surface area contributed by atoms with Gasteiger partial charge < -0.3 is 14.9 Å². The van der Waals surface area contributed by atoms with Crippen LogP contribution in [0.1, 0.15) is 22.0 Å². The first-order valence-corrected chi connectivity index (χ1v) is 10.5. The van der Waals surface area contributed by atoms with Crippen LogP contribution in [0.3, 0.4) is 0 Å². The predicted molar refractivity (Wildman–Crippen MR) is 121 cm³/mol. The van der Waals surface area contributed by atoms with Crippen molar-refractivity contribution in [1.29, 1.82) is 0 Å². The summed E-state index contributed by atoms with van der Waals surface area (Å²) in [4.78, 5) is 45.2. The molecule has 9 heteroatoms. The summed E-state index contributed by atoms with van der Waals surface area (Å²) in [6.45, 7) is 0. The van der Waals surface area contributed by atoms with Gasteiger partial charge in [0.05, 0.1) is 30.1 Å². The van der Waals surface area contributed by atoms with Crippen molar-refractivity contribution in [2.45, 2.75) is 12.1 Å². The Kier molecular flexibility index (Phi) is 5.18. The molecule has 172 valence electrons. The topological polar surface area (TPSA) is 117 Å². The quantitative estimate of drug-likeness (QED) is 0.558. The van der Waals surface area contributed by atoms with Gasteiger partial charge in [0, 0.05) is 0 Å². The first-order chi connectivity index (χ1) is 16.4. The third-order valence-corrected chi connectivity index (χ3v) is 6.04. The fourth-order valence-corrected chi connectivity index (χ4v) is 4.44. The average Bonchev–Trinajstić information content (AvgIpc) is 3.36. The molecule has 0 bridgehead atoms. The molecule has 2 heterocycles. The summed E-state index contributed by atoms with van der Waals surface area (Å²) < 4.78 is 5.25. The lowest BCUT2D eigenvalue weighted by molar-refractivity contribution is -0.126. The number of carboxylic acid groups (broad SMARTS) is 1. The highest BCUT2D eigenvalue weighted by molar-refractivity contribution is 6.24. The largest absolute Gasteiger partial charge is 0.504 e. The third-order valence-electron chi connectivity index (χ3n) is 6.04. The maximum absolute atomic E-state index is 13.6. The Balaban J connectivity index is 1.57. The van der Waals surface area contributed by atoms with Gasteiger partial charge in [0.2, 0.25) is 5.91 Å². The standard InChI is InChI=1S/C25H20N2O7/c1-33-19-13-15(9-12-18(19)28)21-20-22(34-27(21)17-5-3-2-4-6-17)24(30)26(23(20)29)16-10-7-14(8-11-16)25(31)32/h2-13,20-22,28H,1H3,(H,31,32)/t20-,21+,22-/m0/s1. The molecule has 0 saturated carbocycles. The van der Waals surface area contributed by atoms with Gasteiger partial charge >= 0.3 is 5.97 Å². The number of fused-ring (bicyclic) bond motifs is 1. The van der Waals surface area contributed by atoms with Gasteiger partial charge in [-0.1, -0.05) is 24.3 Å². The van der Waals surface area contributed by atoms with Crippen molar-refractivity contribution in [3.05, 3.63) is 83.9 Å². The van der Waals surface area contributed by atoms with Gasteiger partial charge in [0.15, 0.2) is 17.6 Å². The number of methoxy groups -OCH3 is 1. The Bertz CT molecular complexity index is 1280. The van der Waals surface area contributed by atoms with Crippen LogP contribution in [0, 0.1) is 5.92 Å². The fraction of sp³-hybridized carbons (Fsp3) is 0.160. The molecule has 0 unspecified atom stereocenters. The van der Waals surface area contributed by atoms with E-state index in [1.54, 1.807) is 17.2 Å². The van der Waals surface area contributed by atoms with Gasteiger partial charge in [-0.15, -0.1) is 0 Å². The van der Waals surface area contributed by atoms with Crippen LogP contribution in [0.15, 0.2) is 72.8 Å². The van der Waals surface area contributed by atoms with Crippen LogP contribution in [0.25, 0.3) is 0 Å². The van der Waals surface area contributed by atoms with Crippen molar-refractivity contribution in [3.63, 3.8) is 0 Å². The second-order valence-corrected chi connectivity index (χ2v) is 7.95. The molecular weight excluding hydrogens is 440 g/mol. The Labute approximate surface area is 194 Å². The van der Waals surface area contributed by atoms with E-state index in [-0.39, 0.29) is 22.7 Å². The number of nitrogens with zero attached hydrogens (tertiary/aromatic N) is 2. The molecule has 2 amide bonds. The third kappa shape index (κ3) is 3.34. The molecule has 5 rings (SSSR count). The van der Waals surface area contributed by atoms with E-state index in [9.17, 15) is 19.5 Å². The molecule has 3 atom stereocenters. The van der Waals surface area contributed by atoms with Gasteiger partial charge in [0.1, 0.15) is 5.92 Å². The minimum atomic E-state index is -1.11. The number of hydrogen-bond donors (Lipinski definition) is 2. The van der Waals surface area contributed by atoms with Crippen LogP contribution in [0.5, 0.6) is 11.5 Å². The summed E-state index contributed by atoms with van der Waals surface area (Å²) in [7, 11) is 1.43. The zero-order valence-corrected chi connectivity index (χ0v) is 18.0. The molecule has 0 aliphatic carbocycles. The van der Waals surface area contributed by atoms with Crippen molar-refractivity contribution in [2.24, 2.45) is 5.92 Å². The second kappa shape index (κ2) is 8.20. The Morgan fingerprint density at radius 2 is 1.65 bits per heavy atom. The number of hydroxylamine groups is 1. The maximum atomic E-state index is 13.6. The van der Waals surface area contributed by atoms with Gasteiger partial charge in [-0.2, -0.15) is 0 Å². The number of carbonyl (C=O) groups excluding carboxylic acids is 2. The van der Waals surface area contributed by atoms with Gasteiger partial charge in [-0.3, -0.25) is 14.4 Å². The number of hydrogen-bond acceptors (Lipinski definition) is 7. The number of imide groups is 1. The molecule has 0 radical (unpaired) electrons. The van der Waals surface area contributed by atoms with E-state index in [1.165, 1.54) is 37.4 Å².